The molecule has 1 aliphatic carbocycles. The monoisotopic (exact) mass is 215 g/mol. The minimum Gasteiger partial charge on any atom is -0.480 e. The fraction of sp³-hybridized carbons (Fsp3) is 0.900. The summed E-state index contributed by atoms with van der Waals surface area (Å²) in [4.78, 5) is 10.8. The van der Waals surface area contributed by atoms with Gasteiger partial charge in [-0.1, -0.05) is 19.3 Å². The zero-order valence-electron chi connectivity index (χ0n) is 8.24. The fourth-order valence-electron chi connectivity index (χ4n) is 2.33. The molecule has 2 fully saturated rings. The molecule has 0 aromatic rings. The van der Waals surface area contributed by atoms with Crippen LogP contribution in [-0.2, 0) is 4.79 Å². The Morgan fingerprint density at radius 2 is 2.07 bits per heavy atom. The van der Waals surface area contributed by atoms with Crippen molar-refractivity contribution >= 4 is 17.7 Å². The SMILES string of the molecule is O=C(O)C1CSC2CCCCCC2N1. The molecule has 3 nitrogen and oxygen atoms in total. The fourth-order valence-corrected chi connectivity index (χ4v) is 3.79. The van der Waals surface area contributed by atoms with Gasteiger partial charge in [0.2, 0.25) is 0 Å². The van der Waals surface area contributed by atoms with Gasteiger partial charge in [0.05, 0.1) is 0 Å². The topological polar surface area (TPSA) is 49.3 Å². The molecule has 1 aliphatic heterocycles. The second-order valence-corrected chi connectivity index (χ2v) is 5.45. The molecule has 0 bridgehead atoms. The number of rotatable bonds is 1. The summed E-state index contributed by atoms with van der Waals surface area (Å²) in [5.74, 6) is 0.0384. The summed E-state index contributed by atoms with van der Waals surface area (Å²) in [5.41, 5.74) is 0. The Morgan fingerprint density at radius 3 is 2.86 bits per heavy atom. The molecule has 1 heterocycles. The predicted molar refractivity (Wildman–Crippen MR) is 57.7 cm³/mol. The molecule has 0 aromatic heterocycles. The summed E-state index contributed by atoms with van der Waals surface area (Å²) < 4.78 is 0. The van der Waals surface area contributed by atoms with Crippen LogP contribution in [0, 0.1) is 0 Å². The summed E-state index contributed by atoms with van der Waals surface area (Å²) in [7, 11) is 0. The Hall–Kier alpha value is -0.220. The van der Waals surface area contributed by atoms with Crippen molar-refractivity contribution in [1.82, 2.24) is 5.32 Å². The smallest absolute Gasteiger partial charge is 0.321 e. The number of hydrogen-bond donors (Lipinski definition) is 2. The molecule has 3 atom stereocenters. The standard InChI is InChI=1S/C10H17NO2S/c12-10(13)8-6-14-9-5-3-1-2-4-7(9)11-8/h7-9,11H,1-6H2,(H,12,13). The van der Waals surface area contributed by atoms with Crippen molar-refractivity contribution in [1.29, 1.82) is 0 Å². The number of aliphatic carboxylic acids is 1. The maximum atomic E-state index is 10.8. The van der Waals surface area contributed by atoms with Crippen LogP contribution in [0.25, 0.3) is 0 Å². The first kappa shape index (κ1) is 10.3. The first-order valence-corrected chi connectivity index (χ1v) is 6.42. The van der Waals surface area contributed by atoms with E-state index in [1.807, 2.05) is 11.8 Å². The average Bonchev–Trinajstić information content (AvgIpc) is 2.41. The van der Waals surface area contributed by atoms with E-state index in [0.717, 1.165) is 12.2 Å². The van der Waals surface area contributed by atoms with E-state index in [4.69, 9.17) is 5.11 Å². The summed E-state index contributed by atoms with van der Waals surface area (Å²) in [5, 5.41) is 12.9. The molecule has 2 rings (SSSR count). The van der Waals surface area contributed by atoms with Crippen LogP contribution in [0.4, 0.5) is 0 Å². The molecule has 14 heavy (non-hydrogen) atoms. The summed E-state index contributed by atoms with van der Waals surface area (Å²) in [6, 6.07) is 0.122. The van der Waals surface area contributed by atoms with Gasteiger partial charge < -0.3 is 5.11 Å². The lowest BCUT2D eigenvalue weighted by Gasteiger charge is -2.34. The molecule has 0 amide bonds. The second-order valence-electron chi connectivity index (χ2n) is 4.17. The number of hydrogen-bond acceptors (Lipinski definition) is 3. The van der Waals surface area contributed by atoms with Crippen LogP contribution < -0.4 is 5.32 Å². The predicted octanol–water partition coefficient (Wildman–Crippen LogP) is 1.48. The van der Waals surface area contributed by atoms with Gasteiger partial charge in [-0.25, -0.2) is 0 Å². The van der Waals surface area contributed by atoms with Crippen molar-refractivity contribution in [2.24, 2.45) is 0 Å². The van der Waals surface area contributed by atoms with E-state index in [1.54, 1.807) is 0 Å². The van der Waals surface area contributed by atoms with Gasteiger partial charge in [0.25, 0.3) is 0 Å². The number of fused-ring (bicyclic) bond motifs is 1. The van der Waals surface area contributed by atoms with E-state index in [2.05, 4.69) is 5.32 Å². The third kappa shape index (κ3) is 2.23. The molecule has 0 radical (unpaired) electrons. The Bertz CT molecular complexity index is 222. The number of nitrogens with one attached hydrogen (secondary N) is 1. The lowest BCUT2D eigenvalue weighted by Crippen LogP contribution is -2.53. The first-order valence-electron chi connectivity index (χ1n) is 5.38. The van der Waals surface area contributed by atoms with Crippen molar-refractivity contribution in [3.05, 3.63) is 0 Å². The Kier molecular flexibility index (Phi) is 3.34. The zero-order valence-corrected chi connectivity index (χ0v) is 9.05. The van der Waals surface area contributed by atoms with Gasteiger partial charge in [-0.05, 0) is 12.8 Å². The lowest BCUT2D eigenvalue weighted by atomic mass is 10.1. The zero-order chi connectivity index (χ0) is 9.97. The number of carboxylic acids is 1. The number of carbonyl (C=O) groups is 1. The molecule has 4 heteroatoms. The van der Waals surface area contributed by atoms with Crippen molar-refractivity contribution in [3.8, 4) is 0 Å². The first-order chi connectivity index (χ1) is 6.77. The lowest BCUT2D eigenvalue weighted by molar-refractivity contribution is -0.139. The van der Waals surface area contributed by atoms with Gasteiger partial charge in [0.1, 0.15) is 6.04 Å². The van der Waals surface area contributed by atoms with E-state index in [0.29, 0.717) is 11.3 Å². The molecule has 1 saturated carbocycles. The molecular weight excluding hydrogens is 198 g/mol. The van der Waals surface area contributed by atoms with E-state index >= 15 is 0 Å². The molecule has 2 aliphatic rings. The third-order valence-corrected chi connectivity index (χ3v) is 4.66. The van der Waals surface area contributed by atoms with Gasteiger partial charge in [0, 0.05) is 17.0 Å². The summed E-state index contributed by atoms with van der Waals surface area (Å²) >= 11 is 1.85. The van der Waals surface area contributed by atoms with Gasteiger partial charge >= 0.3 is 5.97 Å². The van der Waals surface area contributed by atoms with Crippen LogP contribution in [0.2, 0.25) is 0 Å². The molecule has 3 unspecified atom stereocenters. The largest absolute Gasteiger partial charge is 0.480 e. The van der Waals surface area contributed by atoms with Crippen LogP contribution >= 0.6 is 11.8 Å². The molecule has 0 spiro atoms. The minimum absolute atomic E-state index is 0.320. The maximum absolute atomic E-state index is 10.8. The summed E-state index contributed by atoms with van der Waals surface area (Å²) in [6.07, 6.45) is 6.29. The van der Waals surface area contributed by atoms with Crippen LogP contribution in [0.1, 0.15) is 32.1 Å². The highest BCUT2D eigenvalue weighted by atomic mass is 32.2. The van der Waals surface area contributed by atoms with E-state index < -0.39 is 5.97 Å². The Morgan fingerprint density at radius 1 is 1.29 bits per heavy atom. The number of thioether (sulfide) groups is 1. The van der Waals surface area contributed by atoms with Crippen LogP contribution in [-0.4, -0.2) is 34.2 Å². The third-order valence-electron chi connectivity index (χ3n) is 3.14. The molecule has 1 saturated heterocycles. The van der Waals surface area contributed by atoms with Crippen molar-refractivity contribution < 1.29 is 9.90 Å². The second kappa shape index (κ2) is 4.53. The van der Waals surface area contributed by atoms with Crippen molar-refractivity contribution in [2.45, 2.75) is 49.4 Å². The highest BCUT2D eigenvalue weighted by Crippen LogP contribution is 2.31. The van der Waals surface area contributed by atoms with E-state index in [9.17, 15) is 4.79 Å². The normalized spacial score (nSPS) is 38.4. The van der Waals surface area contributed by atoms with Gasteiger partial charge in [-0.2, -0.15) is 11.8 Å². The maximum Gasteiger partial charge on any atom is 0.321 e. The van der Waals surface area contributed by atoms with Crippen molar-refractivity contribution in [2.75, 3.05) is 5.75 Å². The van der Waals surface area contributed by atoms with E-state index in [-0.39, 0.29) is 6.04 Å². The van der Waals surface area contributed by atoms with Crippen LogP contribution in [0.5, 0.6) is 0 Å². The molecule has 2 N–H and O–H groups in total. The van der Waals surface area contributed by atoms with Gasteiger partial charge in [0.15, 0.2) is 0 Å². The number of carboxylic acid groups (broad SMARTS) is 1. The summed E-state index contributed by atoms with van der Waals surface area (Å²) in [6.45, 7) is 0. The van der Waals surface area contributed by atoms with E-state index in [1.165, 1.54) is 25.7 Å². The van der Waals surface area contributed by atoms with Crippen LogP contribution in [0.15, 0.2) is 0 Å². The Labute approximate surface area is 88.6 Å². The highest BCUT2D eigenvalue weighted by molar-refractivity contribution is 8.00. The van der Waals surface area contributed by atoms with Crippen LogP contribution in [0.3, 0.4) is 0 Å². The minimum atomic E-state index is -0.694. The van der Waals surface area contributed by atoms with Crippen molar-refractivity contribution in [3.63, 3.8) is 0 Å². The van der Waals surface area contributed by atoms with Gasteiger partial charge in [-0.3, -0.25) is 10.1 Å². The molecule has 0 aromatic carbocycles. The molecular formula is C10H17NO2S. The quantitative estimate of drug-likeness (QED) is 0.695. The molecule has 80 valence electrons. The highest BCUT2D eigenvalue weighted by Gasteiger charge is 2.33. The Balaban J connectivity index is 1.96. The van der Waals surface area contributed by atoms with Gasteiger partial charge in [-0.15, -0.1) is 0 Å². The average molecular weight is 215 g/mol.